The van der Waals surface area contributed by atoms with Crippen LogP contribution in [-0.4, -0.2) is 31.2 Å². The standard InChI is InChI=1S/C21H24BrN3O3/c1-13(2)19(24-20(26)15-7-5-14(3)6-8-15)21(27)25-23-12-16-11-17(22)9-10-18(16)28-4/h5-13,19H,1-4H3,(H,24,26)(H,25,27). The number of nitrogens with zero attached hydrogens (tertiary/aromatic N) is 1. The highest BCUT2D eigenvalue weighted by atomic mass is 79.9. The molecule has 0 aliphatic heterocycles. The Morgan fingerprint density at radius 1 is 1.14 bits per heavy atom. The second kappa shape index (κ2) is 10.0. The van der Waals surface area contributed by atoms with E-state index in [2.05, 4.69) is 31.8 Å². The summed E-state index contributed by atoms with van der Waals surface area (Å²) in [6.07, 6.45) is 1.50. The molecule has 0 aliphatic carbocycles. The summed E-state index contributed by atoms with van der Waals surface area (Å²) in [6, 6.07) is 11.9. The molecule has 1 atom stereocenters. The summed E-state index contributed by atoms with van der Waals surface area (Å²) in [7, 11) is 1.56. The number of ether oxygens (including phenoxy) is 1. The van der Waals surface area contributed by atoms with E-state index in [0.29, 0.717) is 16.9 Å². The van der Waals surface area contributed by atoms with E-state index in [1.807, 2.05) is 45.0 Å². The molecule has 0 fully saturated rings. The van der Waals surface area contributed by atoms with Gasteiger partial charge in [0.1, 0.15) is 11.8 Å². The molecule has 0 saturated heterocycles. The molecule has 7 heteroatoms. The molecule has 0 radical (unpaired) electrons. The van der Waals surface area contributed by atoms with E-state index in [4.69, 9.17) is 4.74 Å². The maximum atomic E-state index is 12.5. The second-order valence-corrected chi connectivity index (χ2v) is 7.60. The van der Waals surface area contributed by atoms with E-state index in [0.717, 1.165) is 10.0 Å². The molecular formula is C21H24BrN3O3. The first-order valence-corrected chi connectivity index (χ1v) is 9.65. The highest BCUT2D eigenvalue weighted by Crippen LogP contribution is 2.21. The number of hydrogen-bond acceptors (Lipinski definition) is 4. The molecule has 2 N–H and O–H groups in total. The van der Waals surface area contributed by atoms with Crippen LogP contribution in [-0.2, 0) is 4.79 Å². The third-order valence-electron chi connectivity index (χ3n) is 4.12. The second-order valence-electron chi connectivity index (χ2n) is 6.68. The van der Waals surface area contributed by atoms with Crippen LogP contribution < -0.4 is 15.5 Å². The summed E-state index contributed by atoms with van der Waals surface area (Å²) in [4.78, 5) is 25.0. The normalized spacial score (nSPS) is 12.1. The van der Waals surface area contributed by atoms with Crippen molar-refractivity contribution in [3.8, 4) is 5.75 Å². The zero-order chi connectivity index (χ0) is 20.7. The lowest BCUT2D eigenvalue weighted by molar-refractivity contribution is -0.123. The first kappa shape index (κ1) is 21.6. The number of carbonyl (C=O) groups excluding carboxylic acids is 2. The fourth-order valence-corrected chi connectivity index (χ4v) is 2.88. The minimum Gasteiger partial charge on any atom is -0.496 e. The number of methoxy groups -OCH3 is 1. The molecule has 0 spiro atoms. The van der Waals surface area contributed by atoms with E-state index in [-0.39, 0.29) is 17.7 Å². The van der Waals surface area contributed by atoms with Crippen LogP contribution in [0.2, 0.25) is 0 Å². The smallest absolute Gasteiger partial charge is 0.262 e. The predicted octanol–water partition coefficient (Wildman–Crippen LogP) is 3.67. The Kier molecular flexibility index (Phi) is 7.75. The van der Waals surface area contributed by atoms with Gasteiger partial charge in [-0.25, -0.2) is 5.43 Å². The van der Waals surface area contributed by atoms with E-state index >= 15 is 0 Å². The average molecular weight is 446 g/mol. The van der Waals surface area contributed by atoms with Gasteiger partial charge in [0.05, 0.1) is 13.3 Å². The van der Waals surface area contributed by atoms with Crippen LogP contribution in [0.15, 0.2) is 52.0 Å². The van der Waals surface area contributed by atoms with Gasteiger partial charge in [0.25, 0.3) is 11.8 Å². The summed E-state index contributed by atoms with van der Waals surface area (Å²) < 4.78 is 6.14. The Morgan fingerprint density at radius 2 is 1.82 bits per heavy atom. The van der Waals surface area contributed by atoms with Gasteiger partial charge in [0, 0.05) is 15.6 Å². The summed E-state index contributed by atoms with van der Waals surface area (Å²) in [5, 5.41) is 6.78. The number of rotatable bonds is 7. The summed E-state index contributed by atoms with van der Waals surface area (Å²) in [5.41, 5.74) is 4.77. The van der Waals surface area contributed by atoms with E-state index < -0.39 is 6.04 Å². The first-order valence-electron chi connectivity index (χ1n) is 8.85. The molecule has 2 rings (SSSR count). The van der Waals surface area contributed by atoms with Crippen molar-refractivity contribution in [2.75, 3.05) is 7.11 Å². The van der Waals surface area contributed by atoms with Crippen molar-refractivity contribution in [1.82, 2.24) is 10.7 Å². The lowest BCUT2D eigenvalue weighted by Crippen LogP contribution is -2.48. The number of hydrogen-bond donors (Lipinski definition) is 2. The molecule has 0 bridgehead atoms. The van der Waals surface area contributed by atoms with Gasteiger partial charge in [0.15, 0.2) is 0 Å². The number of benzene rings is 2. The predicted molar refractivity (Wildman–Crippen MR) is 114 cm³/mol. The number of hydrazone groups is 1. The summed E-state index contributed by atoms with van der Waals surface area (Å²) in [5.74, 6) is -0.161. The van der Waals surface area contributed by atoms with Crippen LogP contribution >= 0.6 is 15.9 Å². The number of amides is 2. The third kappa shape index (κ3) is 5.92. The molecule has 0 aromatic heterocycles. The molecule has 1 unspecified atom stereocenters. The van der Waals surface area contributed by atoms with Gasteiger partial charge in [-0.1, -0.05) is 47.5 Å². The van der Waals surface area contributed by atoms with Gasteiger partial charge in [0.2, 0.25) is 0 Å². The molecule has 0 aliphatic rings. The Bertz CT molecular complexity index is 864. The zero-order valence-electron chi connectivity index (χ0n) is 16.3. The molecule has 28 heavy (non-hydrogen) atoms. The van der Waals surface area contributed by atoms with Gasteiger partial charge < -0.3 is 10.1 Å². The van der Waals surface area contributed by atoms with Crippen molar-refractivity contribution in [2.24, 2.45) is 11.0 Å². The van der Waals surface area contributed by atoms with Crippen molar-refractivity contribution in [3.05, 3.63) is 63.6 Å². The van der Waals surface area contributed by atoms with E-state index in [9.17, 15) is 9.59 Å². The van der Waals surface area contributed by atoms with Crippen molar-refractivity contribution in [1.29, 1.82) is 0 Å². The number of aryl methyl sites for hydroxylation is 1. The van der Waals surface area contributed by atoms with Crippen molar-refractivity contribution in [2.45, 2.75) is 26.8 Å². The Morgan fingerprint density at radius 3 is 2.43 bits per heavy atom. The van der Waals surface area contributed by atoms with Crippen molar-refractivity contribution in [3.63, 3.8) is 0 Å². The molecule has 148 valence electrons. The van der Waals surface area contributed by atoms with Crippen molar-refractivity contribution >= 4 is 34.0 Å². The zero-order valence-corrected chi connectivity index (χ0v) is 17.9. The van der Waals surface area contributed by atoms with E-state index in [1.165, 1.54) is 6.21 Å². The molecular weight excluding hydrogens is 422 g/mol. The fraction of sp³-hybridized carbons (Fsp3) is 0.286. The number of carbonyl (C=O) groups is 2. The monoisotopic (exact) mass is 445 g/mol. The third-order valence-corrected chi connectivity index (χ3v) is 4.61. The van der Waals surface area contributed by atoms with Crippen LogP contribution in [0.5, 0.6) is 5.75 Å². The van der Waals surface area contributed by atoms with Crippen LogP contribution in [0.4, 0.5) is 0 Å². The Balaban J connectivity index is 2.06. The fourth-order valence-electron chi connectivity index (χ4n) is 2.51. The molecule has 2 aromatic rings. The Hall–Kier alpha value is -2.67. The molecule has 0 heterocycles. The first-order chi connectivity index (χ1) is 13.3. The van der Waals surface area contributed by atoms with Crippen LogP contribution in [0, 0.1) is 12.8 Å². The van der Waals surface area contributed by atoms with Gasteiger partial charge in [-0.05, 0) is 43.2 Å². The summed E-state index contributed by atoms with van der Waals surface area (Å²) >= 11 is 3.39. The lowest BCUT2D eigenvalue weighted by atomic mass is 10.0. The number of halogens is 1. The van der Waals surface area contributed by atoms with Crippen LogP contribution in [0.25, 0.3) is 0 Å². The topological polar surface area (TPSA) is 79.8 Å². The summed E-state index contributed by atoms with van der Waals surface area (Å²) in [6.45, 7) is 5.67. The maximum absolute atomic E-state index is 12.5. The van der Waals surface area contributed by atoms with E-state index in [1.54, 1.807) is 25.3 Å². The highest BCUT2D eigenvalue weighted by molar-refractivity contribution is 9.10. The average Bonchev–Trinajstić information content (AvgIpc) is 2.66. The maximum Gasteiger partial charge on any atom is 0.262 e. The Labute approximate surface area is 173 Å². The highest BCUT2D eigenvalue weighted by Gasteiger charge is 2.24. The minimum atomic E-state index is -0.713. The number of nitrogens with one attached hydrogen (secondary N) is 2. The van der Waals surface area contributed by atoms with Crippen LogP contribution in [0.1, 0.15) is 35.3 Å². The quantitative estimate of drug-likeness (QED) is 0.503. The van der Waals surface area contributed by atoms with Gasteiger partial charge in [-0.15, -0.1) is 0 Å². The molecule has 6 nitrogen and oxygen atoms in total. The minimum absolute atomic E-state index is 0.106. The molecule has 0 saturated carbocycles. The SMILES string of the molecule is COc1ccc(Br)cc1C=NNC(=O)C(NC(=O)c1ccc(C)cc1)C(C)C. The van der Waals surface area contributed by atoms with Crippen molar-refractivity contribution < 1.29 is 14.3 Å². The van der Waals surface area contributed by atoms with Gasteiger partial charge >= 0.3 is 0 Å². The van der Waals surface area contributed by atoms with Gasteiger partial charge in [-0.3, -0.25) is 9.59 Å². The van der Waals surface area contributed by atoms with Gasteiger partial charge in [-0.2, -0.15) is 5.10 Å². The largest absolute Gasteiger partial charge is 0.496 e. The molecule has 2 amide bonds. The lowest BCUT2D eigenvalue weighted by Gasteiger charge is -2.20. The van der Waals surface area contributed by atoms with Crippen LogP contribution in [0.3, 0.4) is 0 Å². The molecule has 2 aromatic carbocycles.